The first-order chi connectivity index (χ1) is 10.0. The molecule has 0 aliphatic rings. The average molecular weight is 306 g/mol. The molecule has 21 heavy (non-hydrogen) atoms. The summed E-state index contributed by atoms with van der Waals surface area (Å²) in [4.78, 5) is 18.9. The lowest BCUT2D eigenvalue weighted by atomic mass is 10.2. The van der Waals surface area contributed by atoms with Gasteiger partial charge in [-0.15, -0.1) is 11.3 Å². The van der Waals surface area contributed by atoms with Crippen molar-refractivity contribution >= 4 is 17.2 Å². The Hall–Kier alpha value is -1.69. The van der Waals surface area contributed by atoms with Crippen molar-refractivity contribution in [3.63, 3.8) is 0 Å². The SMILES string of the molecule is CC[C@H](C(=O)N(C)Cc1csc(C(C)C)n1)n1cccn1. The summed E-state index contributed by atoms with van der Waals surface area (Å²) in [6.07, 6.45) is 4.25. The molecule has 1 atom stereocenters. The van der Waals surface area contributed by atoms with Crippen molar-refractivity contribution < 1.29 is 4.79 Å². The molecule has 5 nitrogen and oxygen atoms in total. The zero-order valence-electron chi connectivity index (χ0n) is 13.0. The average Bonchev–Trinajstić information content (AvgIpc) is 3.10. The summed E-state index contributed by atoms with van der Waals surface area (Å²) in [6.45, 7) is 6.79. The lowest BCUT2D eigenvalue weighted by Gasteiger charge is -2.22. The molecule has 0 N–H and O–H groups in total. The van der Waals surface area contributed by atoms with Gasteiger partial charge >= 0.3 is 0 Å². The highest BCUT2D eigenvalue weighted by Crippen LogP contribution is 2.21. The molecule has 0 aliphatic heterocycles. The van der Waals surface area contributed by atoms with Crippen LogP contribution in [0.15, 0.2) is 23.8 Å². The van der Waals surface area contributed by atoms with Gasteiger partial charge < -0.3 is 4.90 Å². The largest absolute Gasteiger partial charge is 0.338 e. The second kappa shape index (κ2) is 6.85. The number of carbonyl (C=O) groups is 1. The first kappa shape index (κ1) is 15.7. The van der Waals surface area contributed by atoms with Crippen LogP contribution < -0.4 is 0 Å². The zero-order chi connectivity index (χ0) is 15.4. The first-order valence-electron chi connectivity index (χ1n) is 7.21. The van der Waals surface area contributed by atoms with Crippen LogP contribution in [0, 0.1) is 0 Å². The van der Waals surface area contributed by atoms with Crippen LogP contribution in [-0.2, 0) is 11.3 Å². The van der Waals surface area contributed by atoms with Crippen LogP contribution >= 0.6 is 11.3 Å². The molecule has 1 amide bonds. The van der Waals surface area contributed by atoms with Crippen molar-refractivity contribution in [3.8, 4) is 0 Å². The molecule has 0 saturated carbocycles. The number of hydrogen-bond acceptors (Lipinski definition) is 4. The molecule has 114 valence electrons. The molecule has 2 heterocycles. The van der Waals surface area contributed by atoms with Gasteiger partial charge in [0.1, 0.15) is 6.04 Å². The molecule has 0 aliphatic carbocycles. The van der Waals surface area contributed by atoms with Gasteiger partial charge in [-0.25, -0.2) is 4.98 Å². The van der Waals surface area contributed by atoms with Gasteiger partial charge in [-0.2, -0.15) is 5.10 Å². The predicted octanol–water partition coefficient (Wildman–Crippen LogP) is 3.07. The van der Waals surface area contributed by atoms with Crippen LogP contribution in [-0.4, -0.2) is 32.6 Å². The van der Waals surface area contributed by atoms with Crippen molar-refractivity contribution in [2.24, 2.45) is 0 Å². The highest BCUT2D eigenvalue weighted by Gasteiger charge is 2.23. The lowest BCUT2D eigenvalue weighted by molar-refractivity contribution is -0.134. The van der Waals surface area contributed by atoms with Gasteiger partial charge in [0.2, 0.25) is 5.91 Å². The van der Waals surface area contributed by atoms with Crippen molar-refractivity contribution in [2.45, 2.75) is 45.7 Å². The topological polar surface area (TPSA) is 51.0 Å². The number of likely N-dealkylation sites (N-methyl/N-ethyl adjacent to an activating group) is 1. The van der Waals surface area contributed by atoms with E-state index >= 15 is 0 Å². The quantitative estimate of drug-likeness (QED) is 0.824. The van der Waals surface area contributed by atoms with Crippen LogP contribution in [0.25, 0.3) is 0 Å². The van der Waals surface area contributed by atoms with Crippen molar-refractivity contribution in [1.82, 2.24) is 19.7 Å². The van der Waals surface area contributed by atoms with Gasteiger partial charge in [0.15, 0.2) is 0 Å². The molecule has 0 fully saturated rings. The number of hydrogen-bond donors (Lipinski definition) is 0. The second-order valence-electron chi connectivity index (χ2n) is 5.44. The van der Waals surface area contributed by atoms with E-state index in [1.54, 1.807) is 27.1 Å². The number of thiazole rings is 1. The molecule has 2 aromatic heterocycles. The molecule has 0 unspecified atom stereocenters. The summed E-state index contributed by atoms with van der Waals surface area (Å²) in [5.41, 5.74) is 0.954. The summed E-state index contributed by atoms with van der Waals surface area (Å²) in [5.74, 6) is 0.498. The maximum absolute atomic E-state index is 12.6. The Morgan fingerprint density at radius 3 is 2.76 bits per heavy atom. The maximum Gasteiger partial charge on any atom is 0.247 e. The second-order valence-corrected chi connectivity index (χ2v) is 6.33. The summed E-state index contributed by atoms with van der Waals surface area (Å²) in [7, 11) is 1.82. The fourth-order valence-corrected chi connectivity index (χ4v) is 3.00. The van der Waals surface area contributed by atoms with Gasteiger partial charge in [0.05, 0.1) is 17.2 Å². The third-order valence-electron chi connectivity index (χ3n) is 3.35. The third-order valence-corrected chi connectivity index (χ3v) is 4.55. The lowest BCUT2D eigenvalue weighted by Crippen LogP contribution is -2.34. The molecule has 0 aromatic carbocycles. The molecule has 0 bridgehead atoms. The van der Waals surface area contributed by atoms with Crippen molar-refractivity contribution in [3.05, 3.63) is 34.5 Å². The fourth-order valence-electron chi connectivity index (χ4n) is 2.18. The minimum Gasteiger partial charge on any atom is -0.338 e. The fraction of sp³-hybridized carbons (Fsp3) is 0.533. The van der Waals surface area contributed by atoms with Crippen LogP contribution in [0.3, 0.4) is 0 Å². The zero-order valence-corrected chi connectivity index (χ0v) is 13.8. The van der Waals surface area contributed by atoms with E-state index in [4.69, 9.17) is 0 Å². The van der Waals surface area contributed by atoms with Gasteiger partial charge in [-0.1, -0.05) is 20.8 Å². The molecule has 0 radical (unpaired) electrons. The molecule has 2 aromatic rings. The highest BCUT2D eigenvalue weighted by molar-refractivity contribution is 7.09. The van der Waals surface area contributed by atoms with Crippen molar-refractivity contribution in [1.29, 1.82) is 0 Å². The van der Waals surface area contributed by atoms with Crippen LogP contribution in [0.4, 0.5) is 0 Å². The number of carbonyl (C=O) groups excluding carboxylic acids is 1. The Bertz CT molecular complexity index is 576. The maximum atomic E-state index is 12.6. The van der Waals surface area contributed by atoms with Gasteiger partial charge in [0, 0.05) is 30.7 Å². The molecule has 0 spiro atoms. The number of aromatic nitrogens is 3. The molecular weight excluding hydrogens is 284 g/mol. The molecular formula is C15H22N4OS. The number of rotatable bonds is 6. The summed E-state index contributed by atoms with van der Waals surface area (Å²) < 4.78 is 1.72. The summed E-state index contributed by atoms with van der Waals surface area (Å²) >= 11 is 1.66. The van der Waals surface area contributed by atoms with E-state index in [-0.39, 0.29) is 11.9 Å². The van der Waals surface area contributed by atoms with Crippen LogP contribution in [0.5, 0.6) is 0 Å². The van der Waals surface area contributed by atoms with E-state index in [0.717, 1.165) is 17.1 Å². The van der Waals surface area contributed by atoms with Gasteiger partial charge in [0.25, 0.3) is 0 Å². The van der Waals surface area contributed by atoms with E-state index in [0.29, 0.717) is 12.5 Å². The summed E-state index contributed by atoms with van der Waals surface area (Å²) in [5, 5.41) is 7.33. The monoisotopic (exact) mass is 306 g/mol. The standard InChI is InChI=1S/C15H22N4OS/c1-5-13(19-8-6-7-16-19)15(20)18(4)9-12-10-21-14(17-12)11(2)3/h6-8,10-11,13H,5,9H2,1-4H3/t13-/m1/s1. The molecule has 0 saturated heterocycles. The van der Waals surface area contributed by atoms with E-state index < -0.39 is 0 Å². The summed E-state index contributed by atoms with van der Waals surface area (Å²) in [6, 6.07) is 1.60. The predicted molar refractivity (Wildman–Crippen MR) is 84.2 cm³/mol. The van der Waals surface area contributed by atoms with E-state index in [1.807, 2.05) is 31.6 Å². The van der Waals surface area contributed by atoms with E-state index in [9.17, 15) is 4.79 Å². The molecule has 6 heteroatoms. The Kier molecular flexibility index (Phi) is 5.12. The molecule has 2 rings (SSSR count). The first-order valence-corrected chi connectivity index (χ1v) is 8.09. The van der Waals surface area contributed by atoms with E-state index in [1.165, 1.54) is 0 Å². The van der Waals surface area contributed by atoms with Gasteiger partial charge in [-0.3, -0.25) is 9.48 Å². The smallest absolute Gasteiger partial charge is 0.247 e. The van der Waals surface area contributed by atoms with Crippen LogP contribution in [0.1, 0.15) is 49.9 Å². The van der Waals surface area contributed by atoms with Crippen molar-refractivity contribution in [2.75, 3.05) is 7.05 Å². The third kappa shape index (κ3) is 3.69. The minimum atomic E-state index is -0.242. The van der Waals surface area contributed by atoms with Gasteiger partial charge in [-0.05, 0) is 12.5 Å². The Balaban J connectivity index is 2.04. The number of amides is 1. The Morgan fingerprint density at radius 2 is 2.24 bits per heavy atom. The highest BCUT2D eigenvalue weighted by atomic mass is 32.1. The minimum absolute atomic E-state index is 0.0697. The Morgan fingerprint density at radius 1 is 1.48 bits per heavy atom. The van der Waals surface area contributed by atoms with E-state index in [2.05, 4.69) is 23.9 Å². The van der Waals surface area contributed by atoms with Crippen LogP contribution in [0.2, 0.25) is 0 Å². The normalized spacial score (nSPS) is 12.6. The number of nitrogens with zero attached hydrogens (tertiary/aromatic N) is 4. The Labute approximate surface area is 129 Å².